The summed E-state index contributed by atoms with van der Waals surface area (Å²) < 4.78 is 24.2. The molecule has 0 amide bonds. The molecular formula is C24H21ClFN5O2. The summed E-state index contributed by atoms with van der Waals surface area (Å²) in [5, 5.41) is 9.31. The number of unbranched alkanes of at least 4 members (excludes halogenated alkanes) is 1. The lowest BCUT2D eigenvalue weighted by molar-refractivity contribution is 0.309. The van der Waals surface area contributed by atoms with Gasteiger partial charge in [0.1, 0.15) is 17.1 Å². The number of rotatable bonds is 7. The highest BCUT2D eigenvalue weighted by molar-refractivity contribution is 6.31. The Balaban J connectivity index is 1.50. The van der Waals surface area contributed by atoms with Gasteiger partial charge in [-0.25, -0.2) is 22.8 Å². The van der Waals surface area contributed by atoms with Crippen LogP contribution < -0.4 is 10.4 Å². The van der Waals surface area contributed by atoms with E-state index in [1.165, 1.54) is 21.2 Å². The molecule has 0 aliphatic carbocycles. The molecule has 0 atom stereocenters. The van der Waals surface area contributed by atoms with Gasteiger partial charge in [0.25, 0.3) is 0 Å². The van der Waals surface area contributed by atoms with Crippen LogP contribution in [0, 0.1) is 5.82 Å². The van der Waals surface area contributed by atoms with E-state index in [0.717, 1.165) is 29.8 Å². The Kier molecular flexibility index (Phi) is 5.60. The van der Waals surface area contributed by atoms with Gasteiger partial charge in [0.15, 0.2) is 5.65 Å². The third-order valence-corrected chi connectivity index (χ3v) is 5.83. The Labute approximate surface area is 193 Å². The number of halogens is 2. The second-order valence-corrected chi connectivity index (χ2v) is 8.13. The first kappa shape index (κ1) is 21.2. The molecule has 0 unspecified atom stereocenters. The predicted molar refractivity (Wildman–Crippen MR) is 125 cm³/mol. The lowest BCUT2D eigenvalue weighted by Crippen LogP contribution is -2.22. The fourth-order valence-electron chi connectivity index (χ4n) is 3.67. The monoisotopic (exact) mass is 465 g/mol. The molecule has 0 spiro atoms. The average molecular weight is 466 g/mol. The van der Waals surface area contributed by atoms with E-state index in [1.807, 2.05) is 30.3 Å². The summed E-state index contributed by atoms with van der Waals surface area (Å²) in [5.74, 6) is 0.334. The van der Waals surface area contributed by atoms with Gasteiger partial charge < -0.3 is 4.74 Å². The molecule has 5 aromatic rings. The van der Waals surface area contributed by atoms with Crippen LogP contribution >= 0.6 is 11.6 Å². The maximum atomic E-state index is 14.2. The van der Waals surface area contributed by atoms with Crippen LogP contribution in [0.3, 0.4) is 0 Å². The van der Waals surface area contributed by atoms with Crippen LogP contribution in [0.2, 0.25) is 5.02 Å². The normalized spacial score (nSPS) is 11.5. The number of hydrogen-bond donors (Lipinski definition) is 0. The van der Waals surface area contributed by atoms with Gasteiger partial charge >= 0.3 is 5.69 Å². The van der Waals surface area contributed by atoms with Crippen molar-refractivity contribution in [1.82, 2.24) is 23.8 Å². The predicted octanol–water partition coefficient (Wildman–Crippen LogP) is 4.83. The molecule has 5 rings (SSSR count). The Morgan fingerprint density at radius 1 is 1.09 bits per heavy atom. The summed E-state index contributed by atoms with van der Waals surface area (Å²) in [4.78, 5) is 12.9. The minimum Gasteiger partial charge on any atom is -0.494 e. The van der Waals surface area contributed by atoms with E-state index >= 15 is 0 Å². The molecular weight excluding hydrogens is 445 g/mol. The van der Waals surface area contributed by atoms with Gasteiger partial charge in [-0.3, -0.25) is 0 Å². The molecule has 0 radical (unpaired) electrons. The van der Waals surface area contributed by atoms with Crippen LogP contribution in [0.15, 0.2) is 65.7 Å². The molecule has 33 heavy (non-hydrogen) atoms. The Hall–Kier alpha value is -3.65. The van der Waals surface area contributed by atoms with Gasteiger partial charge in [-0.2, -0.15) is 5.10 Å². The lowest BCUT2D eigenvalue weighted by Gasteiger charge is -2.05. The highest BCUT2D eigenvalue weighted by Gasteiger charge is 2.16. The number of nitrogens with zero attached hydrogens (tertiary/aromatic N) is 5. The average Bonchev–Trinajstić information content (AvgIpc) is 3.38. The van der Waals surface area contributed by atoms with Gasteiger partial charge in [0, 0.05) is 28.5 Å². The first-order valence-corrected chi connectivity index (χ1v) is 11.1. The number of hydrogen-bond acceptors (Lipinski definition) is 4. The van der Waals surface area contributed by atoms with Crippen molar-refractivity contribution in [3.05, 3.63) is 87.8 Å². The van der Waals surface area contributed by atoms with Crippen molar-refractivity contribution in [2.24, 2.45) is 0 Å². The largest absolute Gasteiger partial charge is 0.494 e. The van der Waals surface area contributed by atoms with Crippen LogP contribution in [-0.4, -0.2) is 30.4 Å². The van der Waals surface area contributed by atoms with Crippen molar-refractivity contribution >= 4 is 22.8 Å². The van der Waals surface area contributed by atoms with Gasteiger partial charge in [0.2, 0.25) is 0 Å². The van der Waals surface area contributed by atoms with Gasteiger partial charge in [-0.1, -0.05) is 31.0 Å². The molecule has 0 bridgehead atoms. The van der Waals surface area contributed by atoms with E-state index in [4.69, 9.17) is 16.3 Å². The van der Waals surface area contributed by atoms with E-state index < -0.39 is 5.82 Å². The van der Waals surface area contributed by atoms with Crippen molar-refractivity contribution in [2.75, 3.05) is 6.61 Å². The maximum Gasteiger partial charge on any atom is 0.350 e. The molecule has 0 fully saturated rings. The Bertz CT molecular complexity index is 1480. The SMILES string of the molecule is CCCCOc1ccc(-c2cc3c4nn(Cc5c(F)cccc5Cl)c(=O)n4ccn3n2)cc1. The zero-order chi connectivity index (χ0) is 22.9. The second-order valence-electron chi connectivity index (χ2n) is 7.72. The van der Waals surface area contributed by atoms with Gasteiger partial charge in [-0.15, -0.1) is 5.10 Å². The first-order chi connectivity index (χ1) is 16.0. The minimum absolute atomic E-state index is 0.0708. The van der Waals surface area contributed by atoms with Crippen molar-refractivity contribution in [3.8, 4) is 17.0 Å². The van der Waals surface area contributed by atoms with Crippen molar-refractivity contribution in [2.45, 2.75) is 26.3 Å². The van der Waals surface area contributed by atoms with E-state index in [1.54, 1.807) is 23.0 Å². The summed E-state index contributed by atoms with van der Waals surface area (Å²) in [6, 6.07) is 14.0. The fraction of sp³-hybridized carbons (Fsp3) is 0.208. The fourth-order valence-corrected chi connectivity index (χ4v) is 3.89. The topological polar surface area (TPSA) is 65.8 Å². The summed E-state index contributed by atoms with van der Waals surface area (Å²) in [7, 11) is 0. The van der Waals surface area contributed by atoms with Crippen LogP contribution in [0.4, 0.5) is 4.39 Å². The molecule has 9 heteroatoms. The third-order valence-electron chi connectivity index (χ3n) is 5.48. The Morgan fingerprint density at radius 2 is 1.91 bits per heavy atom. The summed E-state index contributed by atoms with van der Waals surface area (Å²) in [6.45, 7) is 2.75. The molecule has 0 saturated heterocycles. The van der Waals surface area contributed by atoms with Crippen molar-refractivity contribution in [1.29, 1.82) is 0 Å². The van der Waals surface area contributed by atoms with Gasteiger partial charge in [-0.05, 0) is 48.9 Å². The highest BCUT2D eigenvalue weighted by atomic mass is 35.5. The molecule has 2 aromatic carbocycles. The van der Waals surface area contributed by atoms with E-state index in [0.29, 0.717) is 17.8 Å². The van der Waals surface area contributed by atoms with E-state index in [9.17, 15) is 9.18 Å². The number of fused-ring (bicyclic) bond motifs is 3. The standard InChI is InChI=1S/C24H21ClFN5O2/c1-2-3-13-33-17-9-7-16(8-10-17)21-14-22-23-28-31(15-18-19(25)5-4-6-20(18)26)24(32)29(23)11-12-30(22)27-21/h4-12,14H,2-3,13,15H2,1H3. The smallest absolute Gasteiger partial charge is 0.350 e. The van der Waals surface area contributed by atoms with Crippen LogP contribution in [0.5, 0.6) is 5.75 Å². The lowest BCUT2D eigenvalue weighted by atomic mass is 10.1. The summed E-state index contributed by atoms with van der Waals surface area (Å²) in [5.41, 5.74) is 2.57. The molecule has 0 aliphatic rings. The third kappa shape index (κ3) is 3.98. The molecule has 3 aromatic heterocycles. The molecule has 168 valence electrons. The summed E-state index contributed by atoms with van der Waals surface area (Å²) >= 11 is 6.13. The Morgan fingerprint density at radius 3 is 2.67 bits per heavy atom. The van der Waals surface area contributed by atoms with Crippen LogP contribution in [-0.2, 0) is 6.54 Å². The van der Waals surface area contributed by atoms with Crippen LogP contribution in [0.1, 0.15) is 25.3 Å². The maximum absolute atomic E-state index is 14.2. The number of ether oxygens (including phenoxy) is 1. The quantitative estimate of drug-likeness (QED) is 0.323. The van der Waals surface area contributed by atoms with Gasteiger partial charge in [0.05, 0.1) is 18.8 Å². The molecule has 3 heterocycles. The molecule has 0 aliphatic heterocycles. The number of aromatic nitrogens is 5. The van der Waals surface area contributed by atoms with Crippen LogP contribution in [0.25, 0.3) is 22.4 Å². The second kappa shape index (κ2) is 8.71. The van der Waals surface area contributed by atoms with Crippen molar-refractivity contribution in [3.63, 3.8) is 0 Å². The molecule has 0 saturated carbocycles. The highest BCUT2D eigenvalue weighted by Crippen LogP contribution is 2.24. The molecule has 0 N–H and O–H groups in total. The summed E-state index contributed by atoms with van der Waals surface area (Å²) in [6.07, 6.45) is 5.38. The zero-order valence-corrected chi connectivity index (χ0v) is 18.7. The first-order valence-electron chi connectivity index (χ1n) is 10.7. The zero-order valence-electron chi connectivity index (χ0n) is 17.9. The van der Waals surface area contributed by atoms with Crippen molar-refractivity contribution < 1.29 is 9.13 Å². The molecule has 7 nitrogen and oxygen atoms in total. The van der Waals surface area contributed by atoms with E-state index in [-0.39, 0.29) is 22.8 Å². The van der Waals surface area contributed by atoms with E-state index in [2.05, 4.69) is 17.1 Å². The minimum atomic E-state index is -0.481. The number of benzene rings is 2.